The van der Waals surface area contributed by atoms with Gasteiger partial charge in [-0.1, -0.05) is 12.1 Å². The van der Waals surface area contributed by atoms with Crippen molar-refractivity contribution >= 4 is 33.6 Å². The van der Waals surface area contributed by atoms with Crippen LogP contribution in [-0.2, 0) is 13.6 Å². The molecule has 0 saturated carbocycles. The molecule has 5 aromatic rings. The molecular weight excluding hydrogens is 458 g/mol. The largest absolute Gasteiger partial charge is 0.473 e. The number of fused-ring (bicyclic) bond motifs is 2. The minimum Gasteiger partial charge on any atom is -0.473 e. The van der Waals surface area contributed by atoms with Gasteiger partial charge in [-0.3, -0.25) is 9.48 Å². The van der Waals surface area contributed by atoms with Crippen LogP contribution in [0.25, 0.3) is 27.8 Å². The summed E-state index contributed by atoms with van der Waals surface area (Å²) in [5.74, 6) is 1.30. The lowest BCUT2D eigenvalue weighted by Gasteiger charge is -2.15. The van der Waals surface area contributed by atoms with E-state index in [1.165, 1.54) is 10.9 Å². The number of hydrogen-bond donors (Lipinski definition) is 2. The average molecular weight is 486 g/mol. The molecule has 0 amide bonds. The normalized spacial score (nSPS) is 12.2. The first-order valence-corrected chi connectivity index (χ1v) is 11.6. The maximum Gasteiger partial charge on any atom is 0.278 e. The molecular formula is C25H27N9O2. The second-order valence-electron chi connectivity index (χ2n) is 8.41. The molecule has 4 aromatic heterocycles. The Hall–Kier alpha value is -4.51. The first-order valence-electron chi connectivity index (χ1n) is 11.6. The van der Waals surface area contributed by atoms with Crippen molar-refractivity contribution in [2.45, 2.75) is 19.6 Å². The van der Waals surface area contributed by atoms with Gasteiger partial charge in [0.15, 0.2) is 11.5 Å². The third kappa shape index (κ3) is 4.31. The van der Waals surface area contributed by atoms with E-state index in [-0.39, 0.29) is 18.2 Å². The predicted octanol–water partition coefficient (Wildman–Crippen LogP) is 2.78. The van der Waals surface area contributed by atoms with Gasteiger partial charge in [-0.05, 0) is 38.2 Å². The number of benzene rings is 1. The summed E-state index contributed by atoms with van der Waals surface area (Å²) in [5, 5.41) is 12.0. The van der Waals surface area contributed by atoms with E-state index in [0.717, 1.165) is 16.6 Å². The molecule has 0 aliphatic carbocycles. The number of allylic oxidation sites excluding steroid dienone is 1. The van der Waals surface area contributed by atoms with E-state index in [2.05, 4.69) is 37.3 Å². The number of aryl methyl sites for hydroxylation is 1. The molecule has 2 N–H and O–H groups in total. The van der Waals surface area contributed by atoms with Crippen LogP contribution in [-0.4, -0.2) is 53.8 Å². The smallest absolute Gasteiger partial charge is 0.278 e. The Morgan fingerprint density at radius 1 is 1.19 bits per heavy atom. The highest BCUT2D eigenvalue weighted by Crippen LogP contribution is 2.22. The number of rotatable bonds is 9. The number of nitrogens with zero attached hydrogens (tertiary/aromatic N) is 7. The van der Waals surface area contributed by atoms with E-state index in [1.807, 2.05) is 50.0 Å². The lowest BCUT2D eigenvalue weighted by Crippen LogP contribution is -2.26. The number of nitrogens with one attached hydrogen (secondary N) is 2. The minimum atomic E-state index is -0.232. The summed E-state index contributed by atoms with van der Waals surface area (Å²) >= 11 is 0. The Morgan fingerprint density at radius 2 is 2.06 bits per heavy atom. The van der Waals surface area contributed by atoms with Gasteiger partial charge in [0.2, 0.25) is 11.8 Å². The Balaban J connectivity index is 1.57. The minimum absolute atomic E-state index is 0.0789. The molecule has 0 spiro atoms. The average Bonchev–Trinajstić information content (AvgIpc) is 3.36. The molecule has 36 heavy (non-hydrogen) atoms. The molecule has 1 atom stereocenters. The molecule has 1 aromatic carbocycles. The highest BCUT2D eigenvalue weighted by atomic mass is 16.5. The SMILES string of the molecule is C=CCn1c(=O)c2cnc(Nc3ccc4c(cnn4C)c3)nc2n1-c1cccc(OC(C)CNC)n1. The van der Waals surface area contributed by atoms with Gasteiger partial charge in [0.05, 0.1) is 18.3 Å². The van der Waals surface area contributed by atoms with E-state index in [4.69, 9.17) is 4.74 Å². The van der Waals surface area contributed by atoms with Crippen molar-refractivity contribution in [2.75, 3.05) is 18.9 Å². The summed E-state index contributed by atoms with van der Waals surface area (Å²) in [6.07, 6.45) is 4.91. The van der Waals surface area contributed by atoms with Crippen LogP contribution in [0.2, 0.25) is 0 Å². The zero-order valence-electron chi connectivity index (χ0n) is 20.3. The van der Waals surface area contributed by atoms with E-state index < -0.39 is 0 Å². The van der Waals surface area contributed by atoms with Crippen LogP contribution in [0.4, 0.5) is 11.6 Å². The molecule has 1 unspecified atom stereocenters. The van der Waals surface area contributed by atoms with Gasteiger partial charge < -0.3 is 15.4 Å². The molecule has 5 rings (SSSR count). The Morgan fingerprint density at radius 3 is 2.86 bits per heavy atom. The molecule has 0 aliphatic heterocycles. The van der Waals surface area contributed by atoms with Gasteiger partial charge >= 0.3 is 0 Å². The second-order valence-corrected chi connectivity index (χ2v) is 8.41. The number of pyridine rings is 1. The summed E-state index contributed by atoms with van der Waals surface area (Å²) in [6, 6.07) is 11.3. The van der Waals surface area contributed by atoms with Crippen molar-refractivity contribution < 1.29 is 4.74 Å². The van der Waals surface area contributed by atoms with Crippen LogP contribution in [0, 0.1) is 0 Å². The van der Waals surface area contributed by atoms with Gasteiger partial charge in [0.25, 0.3) is 5.56 Å². The standard InChI is InChI=1S/C25H27N9O2/c1-5-11-33-24(35)19-15-27-25(29-18-9-10-20-17(12-18)14-28-32(20)4)31-23(19)34(33)21-7-6-8-22(30-21)36-16(2)13-26-3/h5-10,12,14-16,26H,1,11,13H2,2-4H3,(H,27,29,31). The molecule has 0 fully saturated rings. The van der Waals surface area contributed by atoms with Gasteiger partial charge in [0, 0.05) is 36.9 Å². The van der Waals surface area contributed by atoms with E-state index in [9.17, 15) is 4.79 Å². The second kappa shape index (κ2) is 9.62. The van der Waals surface area contributed by atoms with Crippen LogP contribution >= 0.6 is 0 Å². The number of ether oxygens (including phenoxy) is 1. The Bertz CT molecular complexity index is 1620. The summed E-state index contributed by atoms with van der Waals surface area (Å²) in [6.45, 7) is 6.70. The van der Waals surface area contributed by atoms with Gasteiger partial charge in [-0.25, -0.2) is 14.3 Å². The predicted molar refractivity (Wildman–Crippen MR) is 139 cm³/mol. The molecule has 184 valence electrons. The van der Waals surface area contributed by atoms with Crippen LogP contribution in [0.15, 0.2) is 66.2 Å². The van der Waals surface area contributed by atoms with Crippen molar-refractivity contribution in [3.05, 3.63) is 71.8 Å². The third-order valence-electron chi connectivity index (χ3n) is 5.72. The molecule has 0 radical (unpaired) electrons. The molecule has 0 bridgehead atoms. The van der Waals surface area contributed by atoms with Crippen molar-refractivity contribution in [3.8, 4) is 11.7 Å². The maximum atomic E-state index is 13.2. The van der Waals surface area contributed by atoms with Crippen LogP contribution in [0.1, 0.15) is 6.92 Å². The van der Waals surface area contributed by atoms with E-state index in [0.29, 0.717) is 35.2 Å². The Labute approximate surface area is 207 Å². The summed E-state index contributed by atoms with van der Waals surface area (Å²) < 4.78 is 10.9. The van der Waals surface area contributed by atoms with Crippen LogP contribution < -0.4 is 20.9 Å². The fourth-order valence-electron chi connectivity index (χ4n) is 4.10. The van der Waals surface area contributed by atoms with Crippen molar-refractivity contribution in [1.82, 2.24) is 39.4 Å². The maximum absolute atomic E-state index is 13.2. The highest BCUT2D eigenvalue weighted by Gasteiger charge is 2.18. The zero-order valence-corrected chi connectivity index (χ0v) is 20.3. The van der Waals surface area contributed by atoms with Gasteiger partial charge in [0.1, 0.15) is 11.5 Å². The Kier molecular flexibility index (Phi) is 6.21. The van der Waals surface area contributed by atoms with E-state index >= 15 is 0 Å². The first-order chi connectivity index (χ1) is 17.5. The van der Waals surface area contributed by atoms with Crippen molar-refractivity contribution in [1.29, 1.82) is 0 Å². The van der Waals surface area contributed by atoms with Gasteiger partial charge in [-0.15, -0.1) is 6.58 Å². The molecule has 11 heteroatoms. The summed E-state index contributed by atoms with van der Waals surface area (Å²) in [7, 11) is 3.76. The number of aromatic nitrogens is 7. The van der Waals surface area contributed by atoms with E-state index in [1.54, 1.807) is 29.1 Å². The lowest BCUT2D eigenvalue weighted by molar-refractivity contribution is 0.211. The van der Waals surface area contributed by atoms with Crippen molar-refractivity contribution in [3.63, 3.8) is 0 Å². The van der Waals surface area contributed by atoms with Gasteiger partial charge in [-0.2, -0.15) is 15.1 Å². The lowest BCUT2D eigenvalue weighted by atomic mass is 10.2. The highest BCUT2D eigenvalue weighted by molar-refractivity contribution is 5.83. The fourth-order valence-corrected chi connectivity index (χ4v) is 4.10. The van der Waals surface area contributed by atoms with Crippen molar-refractivity contribution in [2.24, 2.45) is 7.05 Å². The summed E-state index contributed by atoms with van der Waals surface area (Å²) in [5.41, 5.74) is 2.02. The number of anilines is 2. The topological polar surface area (TPSA) is 117 Å². The quantitative estimate of drug-likeness (QED) is 0.306. The molecule has 0 aliphatic rings. The fraction of sp³-hybridized carbons (Fsp3) is 0.240. The first kappa shape index (κ1) is 23.2. The molecule has 0 saturated heterocycles. The van der Waals surface area contributed by atoms with Crippen LogP contribution in [0.3, 0.4) is 0 Å². The third-order valence-corrected chi connectivity index (χ3v) is 5.72. The molecule has 11 nitrogen and oxygen atoms in total. The zero-order chi connectivity index (χ0) is 25.2. The summed E-state index contributed by atoms with van der Waals surface area (Å²) in [4.78, 5) is 26.9. The number of hydrogen-bond acceptors (Lipinski definition) is 8. The number of likely N-dealkylation sites (N-methyl/N-ethyl adjacent to an activating group) is 1. The van der Waals surface area contributed by atoms with Crippen LogP contribution in [0.5, 0.6) is 5.88 Å². The molecule has 4 heterocycles. The monoisotopic (exact) mass is 485 g/mol.